The standard InChI is InChI=1S/C20H23Cl2NO2/c1-3-19(25-16-10-11-17(21)14(2)13-16)20(24)23-12-6-8-15-7-4-5-9-18(15)22/h4-5,7,9-11,13,19H,3,6,8,12H2,1-2H3,(H,23,24)/t19-/m0/s1. The number of ether oxygens (including phenoxy) is 1. The maximum absolute atomic E-state index is 12.3. The monoisotopic (exact) mass is 379 g/mol. The molecule has 0 aliphatic carbocycles. The molecule has 1 atom stereocenters. The van der Waals surface area contributed by atoms with Crippen LogP contribution in [0.5, 0.6) is 5.75 Å². The minimum absolute atomic E-state index is 0.103. The van der Waals surface area contributed by atoms with Crippen LogP contribution >= 0.6 is 23.2 Å². The first kappa shape index (κ1) is 19.6. The first-order valence-corrected chi connectivity index (χ1v) is 9.20. The Balaban J connectivity index is 1.81. The van der Waals surface area contributed by atoms with Crippen LogP contribution in [0.25, 0.3) is 0 Å². The minimum atomic E-state index is -0.513. The van der Waals surface area contributed by atoms with Gasteiger partial charge in [0, 0.05) is 16.6 Å². The molecule has 5 heteroatoms. The number of carbonyl (C=O) groups is 1. The van der Waals surface area contributed by atoms with Gasteiger partial charge in [-0.05, 0) is 61.6 Å². The molecule has 25 heavy (non-hydrogen) atoms. The number of amides is 1. The average molecular weight is 380 g/mol. The van der Waals surface area contributed by atoms with Gasteiger partial charge in [-0.3, -0.25) is 4.79 Å². The molecule has 0 spiro atoms. The summed E-state index contributed by atoms with van der Waals surface area (Å²) in [5.74, 6) is 0.550. The van der Waals surface area contributed by atoms with Crippen LogP contribution in [0.4, 0.5) is 0 Å². The van der Waals surface area contributed by atoms with Crippen molar-refractivity contribution in [2.45, 2.75) is 39.2 Å². The quantitative estimate of drug-likeness (QED) is 0.639. The second-order valence-corrected chi connectivity index (χ2v) is 6.73. The molecule has 0 aromatic heterocycles. The number of hydrogen-bond donors (Lipinski definition) is 1. The fourth-order valence-electron chi connectivity index (χ4n) is 2.48. The highest BCUT2D eigenvalue weighted by Gasteiger charge is 2.18. The summed E-state index contributed by atoms with van der Waals surface area (Å²) >= 11 is 12.2. The number of carbonyl (C=O) groups excluding carboxylic acids is 1. The summed E-state index contributed by atoms with van der Waals surface area (Å²) in [4.78, 5) is 12.3. The van der Waals surface area contributed by atoms with E-state index in [2.05, 4.69) is 5.32 Å². The summed E-state index contributed by atoms with van der Waals surface area (Å²) in [6, 6.07) is 13.2. The topological polar surface area (TPSA) is 38.3 Å². The predicted octanol–water partition coefficient (Wildman–Crippen LogP) is 5.21. The maximum atomic E-state index is 12.3. The van der Waals surface area contributed by atoms with Gasteiger partial charge < -0.3 is 10.1 Å². The van der Waals surface area contributed by atoms with Gasteiger partial charge >= 0.3 is 0 Å². The fourth-order valence-corrected chi connectivity index (χ4v) is 2.83. The lowest BCUT2D eigenvalue weighted by molar-refractivity contribution is -0.128. The minimum Gasteiger partial charge on any atom is -0.481 e. The third kappa shape index (κ3) is 5.94. The van der Waals surface area contributed by atoms with Gasteiger partial charge in [0.05, 0.1) is 0 Å². The molecule has 0 aliphatic heterocycles. The van der Waals surface area contributed by atoms with Crippen molar-refractivity contribution in [3.8, 4) is 5.75 Å². The number of nitrogens with one attached hydrogen (secondary N) is 1. The molecule has 0 saturated carbocycles. The van der Waals surface area contributed by atoms with Gasteiger partial charge in [0.25, 0.3) is 5.91 Å². The van der Waals surface area contributed by atoms with E-state index >= 15 is 0 Å². The van der Waals surface area contributed by atoms with Crippen molar-refractivity contribution in [2.75, 3.05) is 6.54 Å². The molecule has 0 unspecified atom stereocenters. The van der Waals surface area contributed by atoms with Crippen molar-refractivity contribution in [1.82, 2.24) is 5.32 Å². The molecule has 0 radical (unpaired) electrons. The van der Waals surface area contributed by atoms with E-state index in [9.17, 15) is 4.79 Å². The maximum Gasteiger partial charge on any atom is 0.261 e. The number of benzene rings is 2. The molecule has 3 nitrogen and oxygen atoms in total. The summed E-state index contributed by atoms with van der Waals surface area (Å²) in [5, 5.41) is 4.39. The van der Waals surface area contributed by atoms with E-state index < -0.39 is 6.10 Å². The highest BCUT2D eigenvalue weighted by atomic mass is 35.5. The highest BCUT2D eigenvalue weighted by molar-refractivity contribution is 6.31. The molecule has 0 bridgehead atoms. The largest absolute Gasteiger partial charge is 0.481 e. The van der Waals surface area contributed by atoms with E-state index in [0.717, 1.165) is 29.0 Å². The Bertz CT molecular complexity index is 719. The van der Waals surface area contributed by atoms with Crippen molar-refractivity contribution in [3.05, 3.63) is 63.6 Å². The van der Waals surface area contributed by atoms with Crippen LogP contribution in [0, 0.1) is 6.92 Å². The van der Waals surface area contributed by atoms with Crippen LogP contribution < -0.4 is 10.1 Å². The van der Waals surface area contributed by atoms with Crippen molar-refractivity contribution in [2.24, 2.45) is 0 Å². The average Bonchev–Trinajstić information content (AvgIpc) is 2.60. The molecule has 1 amide bonds. The third-order valence-corrected chi connectivity index (χ3v) is 4.74. The van der Waals surface area contributed by atoms with Gasteiger partial charge in [0.15, 0.2) is 6.10 Å². The smallest absolute Gasteiger partial charge is 0.261 e. The molecule has 2 aromatic carbocycles. The summed E-state index contributed by atoms with van der Waals surface area (Å²) in [5.41, 5.74) is 2.02. The van der Waals surface area contributed by atoms with Crippen LogP contribution in [-0.2, 0) is 11.2 Å². The lowest BCUT2D eigenvalue weighted by atomic mass is 10.1. The van der Waals surface area contributed by atoms with Crippen molar-refractivity contribution >= 4 is 29.1 Å². The number of aryl methyl sites for hydroxylation is 2. The van der Waals surface area contributed by atoms with E-state index in [0.29, 0.717) is 23.7 Å². The lowest BCUT2D eigenvalue weighted by Crippen LogP contribution is -2.38. The Morgan fingerprint density at radius 1 is 1.16 bits per heavy atom. The van der Waals surface area contributed by atoms with Gasteiger partial charge in [0.1, 0.15) is 5.75 Å². The summed E-state index contributed by atoms with van der Waals surface area (Å²) in [6.07, 6.45) is 1.73. The van der Waals surface area contributed by atoms with Crippen molar-refractivity contribution in [1.29, 1.82) is 0 Å². The van der Waals surface area contributed by atoms with Crippen LogP contribution in [0.1, 0.15) is 30.9 Å². The first-order valence-electron chi connectivity index (χ1n) is 8.45. The van der Waals surface area contributed by atoms with E-state index in [1.54, 1.807) is 12.1 Å². The second-order valence-electron chi connectivity index (χ2n) is 5.91. The molecule has 134 valence electrons. The Morgan fingerprint density at radius 3 is 2.60 bits per heavy atom. The lowest BCUT2D eigenvalue weighted by Gasteiger charge is -2.18. The second kappa shape index (κ2) is 9.69. The van der Waals surface area contributed by atoms with Gasteiger partial charge in [-0.2, -0.15) is 0 Å². The summed E-state index contributed by atoms with van der Waals surface area (Å²) in [7, 11) is 0. The molecular weight excluding hydrogens is 357 g/mol. The van der Waals surface area contributed by atoms with Crippen LogP contribution in [-0.4, -0.2) is 18.6 Å². The van der Waals surface area contributed by atoms with E-state index in [1.165, 1.54) is 0 Å². The molecule has 1 N–H and O–H groups in total. The van der Waals surface area contributed by atoms with E-state index in [4.69, 9.17) is 27.9 Å². The Morgan fingerprint density at radius 2 is 1.92 bits per heavy atom. The van der Waals surface area contributed by atoms with E-state index in [-0.39, 0.29) is 5.91 Å². The van der Waals surface area contributed by atoms with Crippen molar-refractivity contribution in [3.63, 3.8) is 0 Å². The number of hydrogen-bond acceptors (Lipinski definition) is 2. The molecule has 0 fully saturated rings. The summed E-state index contributed by atoms with van der Waals surface area (Å²) < 4.78 is 5.80. The fraction of sp³-hybridized carbons (Fsp3) is 0.350. The first-order chi connectivity index (χ1) is 12.0. The molecule has 0 heterocycles. The van der Waals surface area contributed by atoms with Crippen LogP contribution in [0.2, 0.25) is 10.0 Å². The molecule has 2 aromatic rings. The molecular formula is C20H23Cl2NO2. The Labute approximate surface area is 159 Å². The zero-order valence-corrected chi connectivity index (χ0v) is 16.0. The Hall–Kier alpha value is -1.71. The third-order valence-electron chi connectivity index (χ3n) is 3.95. The SMILES string of the molecule is CC[C@H](Oc1ccc(Cl)c(C)c1)C(=O)NCCCc1ccccc1Cl. The van der Waals surface area contributed by atoms with Crippen LogP contribution in [0.15, 0.2) is 42.5 Å². The molecule has 2 rings (SSSR count). The highest BCUT2D eigenvalue weighted by Crippen LogP contribution is 2.22. The normalized spacial score (nSPS) is 11.8. The predicted molar refractivity (Wildman–Crippen MR) is 104 cm³/mol. The van der Waals surface area contributed by atoms with Gasteiger partial charge in [0.2, 0.25) is 0 Å². The van der Waals surface area contributed by atoms with Gasteiger partial charge in [-0.15, -0.1) is 0 Å². The summed E-state index contributed by atoms with van der Waals surface area (Å²) in [6.45, 7) is 4.42. The van der Waals surface area contributed by atoms with E-state index in [1.807, 2.05) is 44.2 Å². The Kier molecular flexibility index (Phi) is 7.60. The van der Waals surface area contributed by atoms with Crippen molar-refractivity contribution < 1.29 is 9.53 Å². The van der Waals surface area contributed by atoms with Crippen LogP contribution in [0.3, 0.4) is 0 Å². The zero-order valence-electron chi connectivity index (χ0n) is 14.5. The number of halogens is 2. The van der Waals surface area contributed by atoms with Gasteiger partial charge in [-0.1, -0.05) is 48.3 Å². The number of rotatable bonds is 8. The van der Waals surface area contributed by atoms with Gasteiger partial charge in [-0.25, -0.2) is 0 Å². The molecule has 0 aliphatic rings. The molecule has 0 saturated heterocycles. The zero-order chi connectivity index (χ0) is 18.2.